The zero-order chi connectivity index (χ0) is 20.4. The first-order valence-electron chi connectivity index (χ1n) is 9.72. The van der Waals surface area contributed by atoms with Crippen molar-refractivity contribution in [3.63, 3.8) is 0 Å². The highest BCUT2D eigenvalue weighted by atomic mass is 32.2. The number of rotatable bonds is 6. The van der Waals surface area contributed by atoms with Crippen LogP contribution < -0.4 is 4.74 Å². The molecule has 1 aliphatic rings. The minimum absolute atomic E-state index is 0.000150. The fraction of sp³-hybridized carbons (Fsp3) is 0.304. The molecule has 6 heteroatoms. The molecule has 0 N–H and O–H groups in total. The lowest BCUT2D eigenvalue weighted by Gasteiger charge is -2.21. The minimum atomic E-state index is -3.50. The number of ether oxygens (including phenoxy) is 1. The smallest absolute Gasteiger partial charge is 0.243 e. The Morgan fingerprint density at radius 1 is 1.03 bits per heavy atom. The van der Waals surface area contributed by atoms with E-state index in [1.165, 1.54) is 5.56 Å². The Kier molecular flexibility index (Phi) is 5.86. The quantitative estimate of drug-likeness (QED) is 0.559. The number of hydrogen-bond acceptors (Lipinski definition) is 4. The molecular formula is C23H25NO3S2. The van der Waals surface area contributed by atoms with Gasteiger partial charge in [0.2, 0.25) is 10.0 Å². The van der Waals surface area contributed by atoms with Gasteiger partial charge in [0.1, 0.15) is 5.75 Å². The maximum absolute atomic E-state index is 13.3. The molecule has 2 atom stereocenters. The lowest BCUT2D eigenvalue weighted by molar-refractivity contribution is 0.408. The Balaban J connectivity index is 1.46. The van der Waals surface area contributed by atoms with Crippen LogP contribution in [0.3, 0.4) is 0 Å². The third-order valence-corrected chi connectivity index (χ3v) is 8.74. The summed E-state index contributed by atoms with van der Waals surface area (Å²) in [6.45, 7) is 2.56. The van der Waals surface area contributed by atoms with E-state index in [2.05, 4.69) is 12.1 Å². The molecule has 0 aromatic heterocycles. The molecule has 2 unspecified atom stereocenters. The molecule has 4 nitrogen and oxygen atoms in total. The highest BCUT2D eigenvalue weighted by Crippen LogP contribution is 2.34. The van der Waals surface area contributed by atoms with E-state index in [0.717, 1.165) is 28.7 Å². The van der Waals surface area contributed by atoms with Crippen molar-refractivity contribution in [2.45, 2.75) is 35.3 Å². The van der Waals surface area contributed by atoms with Crippen LogP contribution >= 0.6 is 11.8 Å². The second-order valence-corrected chi connectivity index (χ2v) is 10.6. The van der Waals surface area contributed by atoms with Gasteiger partial charge in [0, 0.05) is 23.6 Å². The Labute approximate surface area is 176 Å². The normalized spacial score (nSPS) is 20.2. The molecule has 0 radical (unpaired) electrons. The first-order valence-corrected chi connectivity index (χ1v) is 12.2. The Bertz CT molecular complexity index is 1100. The maximum Gasteiger partial charge on any atom is 0.243 e. The van der Waals surface area contributed by atoms with Crippen molar-refractivity contribution in [2.75, 3.05) is 13.7 Å². The molecule has 1 aliphatic heterocycles. The Morgan fingerprint density at radius 2 is 1.76 bits per heavy atom. The molecular weight excluding hydrogens is 402 g/mol. The van der Waals surface area contributed by atoms with Crippen LogP contribution in [0.4, 0.5) is 0 Å². The fourth-order valence-electron chi connectivity index (χ4n) is 3.81. The average Bonchev–Trinajstić information content (AvgIpc) is 3.13. The zero-order valence-corrected chi connectivity index (χ0v) is 18.2. The van der Waals surface area contributed by atoms with Crippen LogP contribution in [0.5, 0.6) is 5.75 Å². The number of thioether (sulfide) groups is 1. The number of sulfonamides is 1. The summed E-state index contributed by atoms with van der Waals surface area (Å²) in [7, 11) is -1.84. The van der Waals surface area contributed by atoms with Crippen LogP contribution in [0, 0.1) is 0 Å². The van der Waals surface area contributed by atoms with Crippen LogP contribution in [0.15, 0.2) is 71.6 Å². The molecule has 29 heavy (non-hydrogen) atoms. The van der Waals surface area contributed by atoms with E-state index in [4.69, 9.17) is 4.74 Å². The number of nitrogens with zero attached hydrogens (tertiary/aromatic N) is 1. The molecule has 1 saturated heterocycles. The van der Waals surface area contributed by atoms with Gasteiger partial charge in [0.05, 0.1) is 12.0 Å². The van der Waals surface area contributed by atoms with Crippen molar-refractivity contribution in [2.24, 2.45) is 0 Å². The Morgan fingerprint density at radius 3 is 2.48 bits per heavy atom. The van der Waals surface area contributed by atoms with Crippen LogP contribution in [0.2, 0.25) is 0 Å². The van der Waals surface area contributed by atoms with Gasteiger partial charge in [-0.05, 0) is 53.9 Å². The predicted octanol–water partition coefficient (Wildman–Crippen LogP) is 4.93. The summed E-state index contributed by atoms with van der Waals surface area (Å²) < 4.78 is 33.4. The third-order valence-electron chi connectivity index (χ3n) is 5.45. The summed E-state index contributed by atoms with van der Waals surface area (Å²) in [6.07, 6.45) is 0.869. The van der Waals surface area contributed by atoms with E-state index in [-0.39, 0.29) is 6.04 Å². The van der Waals surface area contributed by atoms with Crippen molar-refractivity contribution in [1.82, 2.24) is 4.31 Å². The molecule has 152 valence electrons. The van der Waals surface area contributed by atoms with Gasteiger partial charge in [0.15, 0.2) is 0 Å². The molecule has 3 aromatic rings. The predicted molar refractivity (Wildman–Crippen MR) is 120 cm³/mol. The zero-order valence-electron chi connectivity index (χ0n) is 16.6. The van der Waals surface area contributed by atoms with Gasteiger partial charge in [-0.2, -0.15) is 16.1 Å². The lowest BCUT2D eigenvalue weighted by atomic mass is 10.1. The molecule has 0 bridgehead atoms. The Hall–Kier alpha value is -2.02. The molecule has 4 rings (SSSR count). The topological polar surface area (TPSA) is 46.6 Å². The molecule has 0 spiro atoms. The van der Waals surface area contributed by atoms with Crippen molar-refractivity contribution < 1.29 is 13.2 Å². The molecule has 0 aliphatic carbocycles. The highest BCUT2D eigenvalue weighted by Gasteiger charge is 2.38. The van der Waals surface area contributed by atoms with Crippen molar-refractivity contribution in [3.8, 4) is 5.75 Å². The summed E-state index contributed by atoms with van der Waals surface area (Å²) in [5.74, 6) is 1.71. The number of fused-ring (bicyclic) bond motifs is 1. The van der Waals surface area contributed by atoms with Crippen LogP contribution in [0.1, 0.15) is 18.9 Å². The summed E-state index contributed by atoms with van der Waals surface area (Å²) in [6, 6.07) is 21.3. The van der Waals surface area contributed by atoms with Crippen molar-refractivity contribution >= 4 is 32.6 Å². The van der Waals surface area contributed by atoms with Gasteiger partial charge < -0.3 is 4.74 Å². The van der Waals surface area contributed by atoms with Gasteiger partial charge in [-0.25, -0.2) is 8.42 Å². The molecule has 3 aromatic carbocycles. The van der Waals surface area contributed by atoms with Crippen molar-refractivity contribution in [1.29, 1.82) is 0 Å². The number of methoxy groups -OCH3 is 1. The molecule has 0 saturated carbocycles. The largest absolute Gasteiger partial charge is 0.497 e. The molecule has 1 fully saturated rings. The van der Waals surface area contributed by atoms with Gasteiger partial charge in [-0.15, -0.1) is 0 Å². The van der Waals surface area contributed by atoms with E-state index >= 15 is 0 Å². The average molecular weight is 428 g/mol. The summed E-state index contributed by atoms with van der Waals surface area (Å²) >= 11 is 1.83. The highest BCUT2D eigenvalue weighted by molar-refractivity contribution is 7.99. The first-order chi connectivity index (χ1) is 14.0. The van der Waals surface area contributed by atoms with Crippen LogP contribution in [-0.2, 0) is 15.8 Å². The number of benzene rings is 3. The minimum Gasteiger partial charge on any atom is -0.497 e. The molecule has 1 heterocycles. The SMILES string of the molecule is COc1ccc(CSC2CC(C)N(S(=O)(=O)c3ccc4ccccc4c3)C2)cc1. The fourth-order valence-corrected chi connectivity index (χ4v) is 6.93. The van der Waals surface area contributed by atoms with Crippen LogP contribution in [-0.4, -0.2) is 37.7 Å². The second-order valence-electron chi connectivity index (χ2n) is 7.45. The monoisotopic (exact) mass is 427 g/mol. The first kappa shape index (κ1) is 20.3. The lowest BCUT2D eigenvalue weighted by Crippen LogP contribution is -2.34. The number of hydrogen-bond donors (Lipinski definition) is 0. The van der Waals surface area contributed by atoms with E-state index < -0.39 is 10.0 Å². The van der Waals surface area contributed by atoms with Gasteiger partial charge >= 0.3 is 0 Å². The van der Waals surface area contributed by atoms with Gasteiger partial charge in [-0.3, -0.25) is 0 Å². The second kappa shape index (κ2) is 8.38. The third kappa shape index (κ3) is 4.29. The van der Waals surface area contributed by atoms with E-state index in [0.29, 0.717) is 16.7 Å². The van der Waals surface area contributed by atoms with Crippen LogP contribution in [0.25, 0.3) is 10.8 Å². The maximum atomic E-state index is 13.3. The van der Waals surface area contributed by atoms with E-state index in [1.54, 1.807) is 23.5 Å². The summed E-state index contributed by atoms with van der Waals surface area (Å²) in [5, 5.41) is 2.29. The van der Waals surface area contributed by atoms with Gasteiger partial charge in [-0.1, -0.05) is 42.5 Å². The van der Waals surface area contributed by atoms with Gasteiger partial charge in [0.25, 0.3) is 0 Å². The van der Waals surface area contributed by atoms with E-state index in [9.17, 15) is 8.42 Å². The summed E-state index contributed by atoms with van der Waals surface area (Å²) in [5.41, 5.74) is 1.22. The molecule has 0 amide bonds. The standard InChI is InChI=1S/C23H25NO3S2/c1-17-13-22(28-16-18-7-10-21(27-2)11-8-18)15-24(17)29(25,26)23-12-9-19-5-3-4-6-20(19)14-23/h3-12,14,17,22H,13,15-16H2,1-2H3. The summed E-state index contributed by atoms with van der Waals surface area (Å²) in [4.78, 5) is 0.379. The van der Waals surface area contributed by atoms with Crippen molar-refractivity contribution in [3.05, 3.63) is 72.3 Å². The van der Waals surface area contributed by atoms with E-state index in [1.807, 2.05) is 61.2 Å².